The van der Waals surface area contributed by atoms with Crippen LogP contribution < -0.4 is 26.2 Å². The van der Waals surface area contributed by atoms with E-state index in [-0.39, 0.29) is 29.0 Å². The molecule has 5 rings (SSSR count). The molecule has 1 atom stereocenters. The molecule has 0 bridgehead atoms. The molecular weight excluding hydrogens is 500 g/mol. The average Bonchev–Trinajstić information content (AvgIpc) is 3.53. The van der Waals surface area contributed by atoms with Crippen molar-refractivity contribution < 1.29 is 24.1 Å². The lowest BCUT2D eigenvalue weighted by Gasteiger charge is -2.24. The Kier molecular flexibility index (Phi) is 6.38. The number of thiophene rings is 1. The number of aromatic amines is 1. The molecule has 37 heavy (non-hydrogen) atoms. The van der Waals surface area contributed by atoms with E-state index in [1.807, 2.05) is 6.07 Å². The molecule has 0 saturated carbocycles. The maximum atomic E-state index is 12.9. The van der Waals surface area contributed by atoms with Crippen LogP contribution in [0.25, 0.3) is 5.69 Å². The Hall–Kier alpha value is -4.62. The van der Waals surface area contributed by atoms with Gasteiger partial charge < -0.3 is 30.4 Å². The van der Waals surface area contributed by atoms with Crippen molar-refractivity contribution >= 4 is 28.8 Å². The highest BCUT2D eigenvalue weighted by Crippen LogP contribution is 2.38. The second kappa shape index (κ2) is 9.79. The van der Waals surface area contributed by atoms with Gasteiger partial charge in [0.25, 0.3) is 0 Å². The summed E-state index contributed by atoms with van der Waals surface area (Å²) >= 11 is 1.00. The maximum Gasteiger partial charge on any atom is 0.348 e. The fourth-order valence-electron chi connectivity index (χ4n) is 4.01. The highest BCUT2D eigenvalue weighted by Gasteiger charge is 2.26. The lowest BCUT2D eigenvalue weighted by atomic mass is 10.0. The molecule has 0 saturated heterocycles. The predicted molar refractivity (Wildman–Crippen MR) is 135 cm³/mol. The second-order valence-corrected chi connectivity index (χ2v) is 8.97. The second-order valence-electron chi connectivity index (χ2n) is 8.06. The van der Waals surface area contributed by atoms with Crippen molar-refractivity contribution in [3.63, 3.8) is 0 Å². The van der Waals surface area contributed by atoms with Gasteiger partial charge in [-0.3, -0.25) is 10.4 Å². The largest absolute Gasteiger partial charge is 0.493 e. The van der Waals surface area contributed by atoms with Crippen molar-refractivity contribution in [1.29, 1.82) is 5.41 Å². The van der Waals surface area contributed by atoms with Crippen molar-refractivity contribution in [2.24, 2.45) is 5.73 Å². The van der Waals surface area contributed by atoms with E-state index in [4.69, 9.17) is 25.4 Å². The summed E-state index contributed by atoms with van der Waals surface area (Å²) in [5, 5.41) is 26.5. The van der Waals surface area contributed by atoms with Gasteiger partial charge in [-0.15, -0.1) is 16.4 Å². The third-order valence-electron chi connectivity index (χ3n) is 5.73. The number of nitrogen functional groups attached to an aromatic ring is 1. The summed E-state index contributed by atoms with van der Waals surface area (Å²) in [6.07, 6.45) is 0. The molecule has 1 aliphatic heterocycles. The van der Waals surface area contributed by atoms with Crippen LogP contribution >= 0.6 is 11.3 Å². The molecule has 2 aromatic carbocycles. The smallest absolute Gasteiger partial charge is 0.348 e. The van der Waals surface area contributed by atoms with E-state index < -0.39 is 17.7 Å². The van der Waals surface area contributed by atoms with Gasteiger partial charge in [0.1, 0.15) is 16.8 Å². The normalized spacial score (nSPS) is 13.3. The van der Waals surface area contributed by atoms with Crippen LogP contribution in [0.2, 0.25) is 0 Å². The number of methoxy groups -OCH3 is 1. The lowest BCUT2D eigenvalue weighted by Crippen LogP contribution is -2.18. The Labute approximate surface area is 213 Å². The van der Waals surface area contributed by atoms with Gasteiger partial charge in [-0.2, -0.15) is 4.68 Å². The number of aromatic carboxylic acids is 1. The number of H-pyrrole nitrogens is 1. The molecule has 4 aromatic rings. The first-order chi connectivity index (χ1) is 17.9. The van der Waals surface area contributed by atoms with Crippen LogP contribution in [-0.4, -0.2) is 45.6 Å². The van der Waals surface area contributed by atoms with Crippen molar-refractivity contribution in [2.45, 2.75) is 12.6 Å². The van der Waals surface area contributed by atoms with Gasteiger partial charge in [0.05, 0.1) is 19.4 Å². The Morgan fingerprint density at radius 2 is 2.11 bits per heavy atom. The molecule has 0 fully saturated rings. The van der Waals surface area contributed by atoms with Crippen molar-refractivity contribution in [3.8, 4) is 17.2 Å². The molecule has 6 N–H and O–H groups in total. The van der Waals surface area contributed by atoms with Gasteiger partial charge >= 0.3 is 11.7 Å². The number of ether oxygens (including phenoxy) is 3. The van der Waals surface area contributed by atoms with E-state index in [9.17, 15) is 14.7 Å². The van der Waals surface area contributed by atoms with E-state index in [1.165, 1.54) is 13.2 Å². The molecule has 2 aromatic heterocycles. The number of amidine groups is 1. The zero-order valence-corrected chi connectivity index (χ0v) is 20.3. The number of hydrogen-bond acceptors (Lipinski definition) is 9. The fraction of sp³-hybridized carbons (Fsp3) is 0.167. The monoisotopic (exact) mass is 522 g/mol. The van der Waals surface area contributed by atoms with Gasteiger partial charge in [-0.1, -0.05) is 0 Å². The first-order valence-corrected chi connectivity index (χ1v) is 11.9. The molecule has 0 aliphatic carbocycles. The molecule has 3 heterocycles. The number of rotatable bonds is 8. The summed E-state index contributed by atoms with van der Waals surface area (Å²) < 4.78 is 17.6. The van der Waals surface area contributed by atoms with Crippen LogP contribution in [0, 0.1) is 5.41 Å². The van der Waals surface area contributed by atoms with E-state index in [2.05, 4.69) is 15.4 Å². The molecule has 0 radical (unpaired) electrons. The molecule has 0 unspecified atom stereocenters. The van der Waals surface area contributed by atoms with Crippen molar-refractivity contribution in [1.82, 2.24) is 14.8 Å². The molecule has 12 nitrogen and oxygen atoms in total. The molecule has 1 aliphatic rings. The zero-order valence-electron chi connectivity index (χ0n) is 19.5. The molecule has 13 heteroatoms. The van der Waals surface area contributed by atoms with Crippen LogP contribution in [0.3, 0.4) is 0 Å². The summed E-state index contributed by atoms with van der Waals surface area (Å²) in [5.41, 5.74) is 7.81. The van der Waals surface area contributed by atoms with Gasteiger partial charge in [-0.05, 0) is 53.4 Å². The third kappa shape index (κ3) is 4.64. The number of carboxylic acid groups (broad SMARTS) is 1. The third-order valence-corrected chi connectivity index (χ3v) is 6.63. The zero-order chi connectivity index (χ0) is 26.1. The Morgan fingerprint density at radius 1 is 1.32 bits per heavy atom. The number of benzene rings is 2. The minimum Gasteiger partial charge on any atom is -0.493 e. The Bertz CT molecular complexity index is 1520. The number of carbonyl (C=O) groups is 1. The Morgan fingerprint density at radius 3 is 2.81 bits per heavy atom. The molecule has 0 amide bonds. The minimum absolute atomic E-state index is 0.00534. The minimum atomic E-state index is -1.15. The molecule has 190 valence electrons. The quantitative estimate of drug-likeness (QED) is 0.172. The maximum absolute atomic E-state index is 12.9. The number of nitrogens with one attached hydrogen (secondary N) is 3. The van der Waals surface area contributed by atoms with Gasteiger partial charge in [0.15, 0.2) is 24.1 Å². The summed E-state index contributed by atoms with van der Waals surface area (Å²) in [7, 11) is 1.53. The number of hydrogen-bond donors (Lipinski definition) is 5. The predicted octanol–water partition coefficient (Wildman–Crippen LogP) is 2.68. The van der Waals surface area contributed by atoms with Crippen LogP contribution in [0.4, 0.5) is 5.69 Å². The standard InChI is InChI=1S/C24H22N6O6S/c1-34-17-9-13(8-14-10-35-11-36-19(14)17)18(27-15-4-2-12(3-5-15)21(25)26)22-28-24(33)30(29-22)16-6-7-37-20(16)23(31)32/h2-9,18,27H,10-11H2,1H3,(H3,25,26)(H,31,32)(H,28,29,33)/t18-/m0/s1. The lowest BCUT2D eigenvalue weighted by molar-refractivity contribution is -0.0180. The van der Waals surface area contributed by atoms with Crippen LogP contribution in [0.15, 0.2) is 52.6 Å². The number of nitrogens with zero attached hydrogens (tertiary/aromatic N) is 2. The number of anilines is 1. The first-order valence-electron chi connectivity index (χ1n) is 11.0. The van der Waals surface area contributed by atoms with Gasteiger partial charge in [-0.25, -0.2) is 9.59 Å². The molecule has 0 spiro atoms. The highest BCUT2D eigenvalue weighted by molar-refractivity contribution is 7.12. The van der Waals surface area contributed by atoms with E-state index in [0.29, 0.717) is 34.9 Å². The SMILES string of the molecule is COc1cc([C@H](Nc2ccc(C(=N)N)cc2)c2nn(-c3ccsc3C(=O)O)c(=O)[nH]2)cc2c1OCOC2. The van der Waals surface area contributed by atoms with E-state index in [0.717, 1.165) is 21.6 Å². The van der Waals surface area contributed by atoms with Crippen LogP contribution in [0.5, 0.6) is 11.5 Å². The van der Waals surface area contributed by atoms with Crippen molar-refractivity contribution in [2.75, 3.05) is 19.2 Å². The number of fused-ring (bicyclic) bond motifs is 1. The van der Waals surface area contributed by atoms with Gasteiger partial charge in [0, 0.05) is 16.8 Å². The van der Waals surface area contributed by atoms with E-state index >= 15 is 0 Å². The number of carboxylic acids is 1. The van der Waals surface area contributed by atoms with Gasteiger partial charge in [0.2, 0.25) is 0 Å². The fourth-order valence-corrected chi connectivity index (χ4v) is 4.72. The van der Waals surface area contributed by atoms with Crippen LogP contribution in [0.1, 0.15) is 38.2 Å². The molecular formula is C24H22N6O6S. The highest BCUT2D eigenvalue weighted by atomic mass is 32.1. The number of aromatic nitrogens is 3. The van der Waals surface area contributed by atoms with Crippen LogP contribution in [-0.2, 0) is 11.3 Å². The van der Waals surface area contributed by atoms with Crippen molar-refractivity contribution in [3.05, 3.63) is 85.7 Å². The number of nitrogens with two attached hydrogens (primary N) is 1. The topological polar surface area (TPSA) is 178 Å². The summed E-state index contributed by atoms with van der Waals surface area (Å²) in [6.45, 7) is 0.415. The summed E-state index contributed by atoms with van der Waals surface area (Å²) in [4.78, 5) is 27.3. The summed E-state index contributed by atoms with van der Waals surface area (Å²) in [5.74, 6) is 0.0901. The first kappa shape index (κ1) is 24.1. The van der Waals surface area contributed by atoms with E-state index in [1.54, 1.807) is 35.7 Å². The average molecular weight is 523 g/mol. The summed E-state index contributed by atoms with van der Waals surface area (Å²) in [6, 6.07) is 11.4. The Balaban J connectivity index is 1.62.